The van der Waals surface area contributed by atoms with Crippen molar-refractivity contribution in [1.82, 2.24) is 10.0 Å². The van der Waals surface area contributed by atoms with Crippen molar-refractivity contribution in [1.29, 1.82) is 0 Å². The average molecular weight is 338 g/mol. The molecule has 0 aliphatic heterocycles. The lowest BCUT2D eigenvalue weighted by atomic mass is 9.84. The summed E-state index contributed by atoms with van der Waals surface area (Å²) >= 11 is 0. The quantitative estimate of drug-likeness (QED) is 0.701. The summed E-state index contributed by atoms with van der Waals surface area (Å²) in [5, 5.41) is 11.1. The monoisotopic (exact) mass is 338 g/mol. The molecule has 0 aromatic heterocycles. The Kier molecular flexibility index (Phi) is 6.73. The number of carbonyl (C=O) groups excluding carboxylic acids is 1. The molecule has 1 aromatic carbocycles. The van der Waals surface area contributed by atoms with Crippen LogP contribution in [0.3, 0.4) is 0 Å². The number of carboxylic acid groups (broad SMARTS) is 1. The maximum atomic E-state index is 12.4. The first kappa shape index (κ1) is 17.6. The highest BCUT2D eigenvalue weighted by Crippen LogP contribution is 2.27. The second kappa shape index (κ2) is 8.79. The zero-order chi connectivity index (χ0) is 16.7. The molecule has 0 heterocycles. The van der Waals surface area contributed by atoms with Gasteiger partial charge < -0.3 is 10.4 Å². The minimum absolute atomic E-state index is 0.0743. The van der Waals surface area contributed by atoms with E-state index in [0.29, 0.717) is 4.90 Å². The number of nitrogens with one attached hydrogen (secondary N) is 2. The van der Waals surface area contributed by atoms with E-state index in [1.807, 2.05) is 6.07 Å². The van der Waals surface area contributed by atoms with E-state index < -0.39 is 35.4 Å². The topological polar surface area (TPSA) is 95.5 Å². The SMILES string of the molecule is O=C(O)CNC(=O)C(NS(=O)c1ccccc1)C1CCCCC1. The number of hydrogen-bond donors (Lipinski definition) is 3. The van der Waals surface area contributed by atoms with Crippen molar-refractivity contribution in [3.05, 3.63) is 30.3 Å². The van der Waals surface area contributed by atoms with Gasteiger partial charge in [-0.2, -0.15) is 0 Å². The molecule has 0 spiro atoms. The summed E-state index contributed by atoms with van der Waals surface area (Å²) in [6.07, 6.45) is 4.97. The second-order valence-corrected chi connectivity index (χ2v) is 6.93. The number of hydrogen-bond acceptors (Lipinski definition) is 3. The number of rotatable bonds is 7. The number of benzene rings is 1. The van der Waals surface area contributed by atoms with Gasteiger partial charge in [0, 0.05) is 0 Å². The van der Waals surface area contributed by atoms with Crippen LogP contribution in [0.4, 0.5) is 0 Å². The van der Waals surface area contributed by atoms with Crippen LogP contribution >= 0.6 is 0 Å². The van der Waals surface area contributed by atoms with E-state index >= 15 is 0 Å². The van der Waals surface area contributed by atoms with Crippen LogP contribution in [0.25, 0.3) is 0 Å². The van der Waals surface area contributed by atoms with Crippen LogP contribution in [0, 0.1) is 5.92 Å². The second-order valence-electron chi connectivity index (χ2n) is 5.69. The Hall–Kier alpha value is -1.73. The standard InChI is InChI=1S/C16H22N2O4S/c19-14(20)11-17-16(21)15(12-7-3-1-4-8-12)18-23(22)13-9-5-2-6-10-13/h2,5-6,9-10,12,15,18H,1,3-4,7-8,11H2,(H,17,21)(H,19,20). The van der Waals surface area contributed by atoms with Crippen molar-refractivity contribution in [2.45, 2.75) is 43.0 Å². The minimum Gasteiger partial charge on any atom is -0.480 e. The lowest BCUT2D eigenvalue weighted by molar-refractivity contribution is -0.138. The lowest BCUT2D eigenvalue weighted by Crippen LogP contribution is -2.50. The molecule has 2 atom stereocenters. The molecule has 1 saturated carbocycles. The highest BCUT2D eigenvalue weighted by atomic mass is 32.2. The molecule has 1 aromatic rings. The number of amides is 1. The Morgan fingerprint density at radius 1 is 1.17 bits per heavy atom. The van der Waals surface area contributed by atoms with E-state index in [9.17, 15) is 13.8 Å². The maximum absolute atomic E-state index is 12.4. The Balaban J connectivity index is 2.07. The van der Waals surface area contributed by atoms with Gasteiger partial charge in [0.25, 0.3) is 0 Å². The fourth-order valence-corrected chi connectivity index (χ4v) is 3.90. The van der Waals surface area contributed by atoms with Crippen LogP contribution in [-0.4, -0.2) is 33.8 Å². The smallest absolute Gasteiger partial charge is 0.322 e. The molecule has 6 nitrogen and oxygen atoms in total. The van der Waals surface area contributed by atoms with Crippen LogP contribution in [-0.2, 0) is 20.6 Å². The van der Waals surface area contributed by atoms with Gasteiger partial charge in [0.05, 0.1) is 4.90 Å². The number of aliphatic carboxylic acids is 1. The van der Waals surface area contributed by atoms with Crippen LogP contribution in [0.5, 0.6) is 0 Å². The summed E-state index contributed by atoms with van der Waals surface area (Å²) < 4.78 is 15.3. The third-order valence-corrected chi connectivity index (χ3v) is 5.18. The molecule has 3 N–H and O–H groups in total. The predicted molar refractivity (Wildman–Crippen MR) is 87.0 cm³/mol. The molecule has 0 radical (unpaired) electrons. The zero-order valence-corrected chi connectivity index (χ0v) is 13.7. The number of carbonyl (C=O) groups is 2. The van der Waals surface area contributed by atoms with Gasteiger partial charge in [-0.05, 0) is 30.9 Å². The first-order valence-corrected chi connectivity index (χ1v) is 8.95. The summed E-state index contributed by atoms with van der Waals surface area (Å²) in [7, 11) is -1.51. The molecule has 0 bridgehead atoms. The van der Waals surface area contributed by atoms with Gasteiger partial charge >= 0.3 is 5.97 Å². The maximum Gasteiger partial charge on any atom is 0.322 e. The Morgan fingerprint density at radius 3 is 2.43 bits per heavy atom. The third-order valence-electron chi connectivity index (χ3n) is 4.01. The summed E-state index contributed by atoms with van der Waals surface area (Å²) in [6, 6.07) is 8.23. The first-order chi connectivity index (χ1) is 11.1. The largest absolute Gasteiger partial charge is 0.480 e. The van der Waals surface area contributed by atoms with Gasteiger partial charge in [0.15, 0.2) is 0 Å². The van der Waals surface area contributed by atoms with Gasteiger partial charge in [-0.25, -0.2) is 8.93 Å². The summed E-state index contributed by atoms with van der Waals surface area (Å²) in [5.74, 6) is -1.42. The summed E-state index contributed by atoms with van der Waals surface area (Å²) in [4.78, 5) is 23.6. The molecule has 1 fully saturated rings. The molecular weight excluding hydrogens is 316 g/mol. The third kappa shape index (κ3) is 5.44. The highest BCUT2D eigenvalue weighted by Gasteiger charge is 2.31. The normalized spacial score (nSPS) is 18.1. The molecular formula is C16H22N2O4S. The van der Waals surface area contributed by atoms with Crippen molar-refractivity contribution < 1.29 is 18.9 Å². The van der Waals surface area contributed by atoms with Gasteiger partial charge in [0.2, 0.25) is 5.91 Å². The van der Waals surface area contributed by atoms with Crippen molar-refractivity contribution >= 4 is 22.9 Å². The van der Waals surface area contributed by atoms with Gasteiger partial charge in [-0.3, -0.25) is 9.59 Å². The van der Waals surface area contributed by atoms with Gasteiger partial charge in [0.1, 0.15) is 23.6 Å². The van der Waals surface area contributed by atoms with E-state index in [0.717, 1.165) is 32.1 Å². The van der Waals surface area contributed by atoms with Crippen molar-refractivity contribution in [2.24, 2.45) is 5.92 Å². The molecule has 23 heavy (non-hydrogen) atoms. The Bertz CT molecular complexity index is 558. The fraction of sp³-hybridized carbons (Fsp3) is 0.500. The highest BCUT2D eigenvalue weighted by molar-refractivity contribution is 7.83. The van der Waals surface area contributed by atoms with Crippen molar-refractivity contribution in [3.8, 4) is 0 Å². The van der Waals surface area contributed by atoms with Gasteiger partial charge in [-0.1, -0.05) is 37.5 Å². The molecule has 1 aliphatic rings. The average Bonchev–Trinajstić information content (AvgIpc) is 2.59. The van der Waals surface area contributed by atoms with Crippen LogP contribution < -0.4 is 10.0 Å². The van der Waals surface area contributed by atoms with E-state index in [2.05, 4.69) is 10.0 Å². The molecule has 0 saturated heterocycles. The zero-order valence-electron chi connectivity index (χ0n) is 12.9. The molecule has 1 amide bonds. The van der Waals surface area contributed by atoms with Crippen LogP contribution in [0.1, 0.15) is 32.1 Å². The van der Waals surface area contributed by atoms with Crippen molar-refractivity contribution in [2.75, 3.05) is 6.54 Å². The lowest BCUT2D eigenvalue weighted by Gasteiger charge is -2.29. The Morgan fingerprint density at radius 2 is 1.83 bits per heavy atom. The Labute approximate surface area is 138 Å². The van der Waals surface area contributed by atoms with Crippen LogP contribution in [0.15, 0.2) is 35.2 Å². The summed E-state index contributed by atoms with van der Waals surface area (Å²) in [6.45, 7) is -0.429. The molecule has 7 heteroatoms. The van der Waals surface area contributed by atoms with E-state index in [-0.39, 0.29) is 5.92 Å². The van der Waals surface area contributed by atoms with E-state index in [4.69, 9.17) is 5.11 Å². The molecule has 2 rings (SSSR count). The fourth-order valence-electron chi connectivity index (χ4n) is 2.83. The minimum atomic E-state index is -1.51. The molecule has 1 aliphatic carbocycles. The van der Waals surface area contributed by atoms with Crippen molar-refractivity contribution in [3.63, 3.8) is 0 Å². The number of carboxylic acids is 1. The molecule has 126 valence electrons. The van der Waals surface area contributed by atoms with E-state index in [1.54, 1.807) is 24.3 Å². The van der Waals surface area contributed by atoms with Crippen LogP contribution in [0.2, 0.25) is 0 Å². The predicted octanol–water partition coefficient (Wildman–Crippen LogP) is 1.45. The molecule has 2 unspecified atom stereocenters. The van der Waals surface area contributed by atoms with Gasteiger partial charge in [-0.15, -0.1) is 0 Å². The first-order valence-electron chi connectivity index (χ1n) is 7.80. The summed E-state index contributed by atoms with van der Waals surface area (Å²) in [5.41, 5.74) is 0. The van der Waals surface area contributed by atoms with E-state index in [1.165, 1.54) is 0 Å².